The van der Waals surface area contributed by atoms with Crippen molar-refractivity contribution in [1.29, 1.82) is 0 Å². The molecule has 0 spiro atoms. The van der Waals surface area contributed by atoms with Gasteiger partial charge >= 0.3 is 0 Å². The van der Waals surface area contributed by atoms with E-state index in [1.54, 1.807) is 14.2 Å². The highest BCUT2D eigenvalue weighted by Gasteiger charge is 2.15. The molecule has 0 aliphatic rings. The van der Waals surface area contributed by atoms with E-state index in [0.717, 1.165) is 26.0 Å². The first-order valence-electron chi connectivity index (χ1n) is 6.00. The molecular weight excluding hydrogens is 369 g/mol. The Hall–Kier alpha value is -1.76. The molecule has 3 aromatic rings. The first-order valence-corrected chi connectivity index (χ1v) is 7.08. The number of hydrogen-bond acceptors (Lipinski definition) is 4. The summed E-state index contributed by atoms with van der Waals surface area (Å²) in [6, 6.07) is 11.5. The molecule has 3 rings (SSSR count). The van der Waals surface area contributed by atoms with Gasteiger partial charge in [0.2, 0.25) is 11.6 Å². The highest BCUT2D eigenvalue weighted by molar-refractivity contribution is 14.1. The number of furan rings is 1. The van der Waals surface area contributed by atoms with Crippen molar-refractivity contribution in [2.24, 2.45) is 0 Å². The van der Waals surface area contributed by atoms with Crippen LogP contribution in [0.25, 0.3) is 22.4 Å². The predicted octanol–water partition coefficient (Wildman–Crippen LogP) is 4.12. The maximum absolute atomic E-state index is 5.86. The summed E-state index contributed by atoms with van der Waals surface area (Å²) in [7, 11) is 3.24. The Morgan fingerprint density at radius 3 is 2.40 bits per heavy atom. The van der Waals surface area contributed by atoms with Crippen LogP contribution in [0.1, 0.15) is 0 Å². The van der Waals surface area contributed by atoms with E-state index in [0.29, 0.717) is 11.6 Å². The van der Waals surface area contributed by atoms with Crippen LogP contribution in [0.2, 0.25) is 0 Å². The van der Waals surface area contributed by atoms with Gasteiger partial charge in [-0.05, 0) is 52.9 Å². The topological polar surface area (TPSA) is 44.5 Å². The number of ether oxygens (including phenoxy) is 2. The second-order valence-electron chi connectivity index (χ2n) is 4.18. The molecule has 0 saturated carbocycles. The summed E-state index contributed by atoms with van der Waals surface area (Å²) >= 11 is 2.27. The molecule has 102 valence electrons. The fourth-order valence-corrected chi connectivity index (χ4v) is 2.81. The Morgan fingerprint density at radius 2 is 1.75 bits per heavy atom. The number of rotatable bonds is 3. The first-order chi connectivity index (χ1) is 9.72. The van der Waals surface area contributed by atoms with Crippen molar-refractivity contribution >= 4 is 33.7 Å². The minimum Gasteiger partial charge on any atom is -0.497 e. The molecule has 1 aromatic carbocycles. The van der Waals surface area contributed by atoms with Crippen LogP contribution >= 0.6 is 22.6 Å². The van der Waals surface area contributed by atoms with E-state index >= 15 is 0 Å². The number of halogens is 1. The van der Waals surface area contributed by atoms with Crippen molar-refractivity contribution in [2.45, 2.75) is 0 Å². The van der Waals surface area contributed by atoms with Gasteiger partial charge in [0.1, 0.15) is 5.75 Å². The molecule has 2 aromatic heterocycles. The molecule has 0 aliphatic heterocycles. The monoisotopic (exact) mass is 381 g/mol. The lowest BCUT2D eigenvalue weighted by atomic mass is 10.1. The predicted molar refractivity (Wildman–Crippen MR) is 85.3 cm³/mol. The van der Waals surface area contributed by atoms with E-state index in [1.807, 2.05) is 36.4 Å². The van der Waals surface area contributed by atoms with Crippen molar-refractivity contribution in [3.8, 4) is 23.0 Å². The number of methoxy groups -OCH3 is 2. The molecule has 0 atom stereocenters. The van der Waals surface area contributed by atoms with E-state index in [2.05, 4.69) is 27.6 Å². The third-order valence-electron chi connectivity index (χ3n) is 3.03. The zero-order valence-electron chi connectivity index (χ0n) is 11.0. The maximum atomic E-state index is 5.86. The molecule has 0 unspecified atom stereocenters. The number of aromatic nitrogens is 1. The lowest BCUT2D eigenvalue weighted by molar-refractivity contribution is 0.397. The first kappa shape index (κ1) is 13.2. The van der Waals surface area contributed by atoms with Gasteiger partial charge in [0, 0.05) is 11.6 Å². The summed E-state index contributed by atoms with van der Waals surface area (Å²) < 4.78 is 17.2. The third kappa shape index (κ3) is 2.22. The minimum absolute atomic E-state index is 0.545. The highest BCUT2D eigenvalue weighted by atomic mass is 127. The van der Waals surface area contributed by atoms with Gasteiger partial charge in [0.15, 0.2) is 5.76 Å². The Kier molecular flexibility index (Phi) is 3.52. The zero-order valence-corrected chi connectivity index (χ0v) is 13.2. The van der Waals surface area contributed by atoms with Gasteiger partial charge in [-0.15, -0.1) is 0 Å². The lowest BCUT2D eigenvalue weighted by Crippen LogP contribution is -1.85. The molecule has 5 heteroatoms. The van der Waals surface area contributed by atoms with Gasteiger partial charge in [-0.25, -0.2) is 0 Å². The molecule has 0 bridgehead atoms. The fourth-order valence-electron chi connectivity index (χ4n) is 1.97. The Labute approximate surface area is 129 Å². The van der Waals surface area contributed by atoms with Crippen LogP contribution in [0, 0.1) is 3.57 Å². The van der Waals surface area contributed by atoms with Gasteiger partial charge in [-0.2, -0.15) is 4.98 Å². The second-order valence-corrected chi connectivity index (χ2v) is 5.26. The van der Waals surface area contributed by atoms with Crippen LogP contribution in [-0.2, 0) is 0 Å². The van der Waals surface area contributed by atoms with E-state index in [-0.39, 0.29) is 0 Å². The van der Waals surface area contributed by atoms with Crippen LogP contribution in [0.4, 0.5) is 0 Å². The smallest absolute Gasteiger partial charge is 0.231 e. The summed E-state index contributed by atoms with van der Waals surface area (Å²) in [5.74, 6) is 2.17. The van der Waals surface area contributed by atoms with Crippen molar-refractivity contribution in [1.82, 2.24) is 4.98 Å². The second kappa shape index (κ2) is 5.32. The van der Waals surface area contributed by atoms with Gasteiger partial charge < -0.3 is 13.9 Å². The quantitative estimate of drug-likeness (QED) is 0.641. The summed E-state index contributed by atoms with van der Waals surface area (Å²) in [4.78, 5) is 4.32. The number of pyridine rings is 1. The molecule has 2 heterocycles. The number of hydrogen-bond donors (Lipinski definition) is 0. The van der Waals surface area contributed by atoms with Crippen molar-refractivity contribution in [2.75, 3.05) is 14.2 Å². The van der Waals surface area contributed by atoms with Crippen LogP contribution in [0.5, 0.6) is 11.6 Å². The van der Waals surface area contributed by atoms with Crippen molar-refractivity contribution < 1.29 is 13.9 Å². The number of fused-ring (bicyclic) bond motifs is 1. The Bertz CT molecular complexity index is 750. The number of nitrogens with zero attached hydrogens (tertiary/aromatic N) is 1. The number of benzene rings is 1. The Morgan fingerprint density at radius 1 is 1.00 bits per heavy atom. The zero-order chi connectivity index (χ0) is 14.1. The molecule has 0 radical (unpaired) electrons. The normalized spacial score (nSPS) is 10.8. The minimum atomic E-state index is 0.545. The van der Waals surface area contributed by atoms with Gasteiger partial charge in [0.25, 0.3) is 0 Å². The molecule has 0 amide bonds. The van der Waals surface area contributed by atoms with Crippen molar-refractivity contribution in [3.63, 3.8) is 0 Å². The van der Waals surface area contributed by atoms with Gasteiger partial charge in [0.05, 0.1) is 23.2 Å². The molecule has 0 saturated heterocycles. The fraction of sp³-hybridized carbons (Fsp3) is 0.133. The largest absolute Gasteiger partial charge is 0.497 e. The summed E-state index contributed by atoms with van der Waals surface area (Å²) in [6.45, 7) is 0. The van der Waals surface area contributed by atoms with Crippen molar-refractivity contribution in [3.05, 3.63) is 40.0 Å². The van der Waals surface area contributed by atoms with E-state index in [9.17, 15) is 0 Å². The van der Waals surface area contributed by atoms with E-state index in [1.165, 1.54) is 0 Å². The van der Waals surface area contributed by atoms with Gasteiger partial charge in [-0.3, -0.25) is 0 Å². The average Bonchev–Trinajstić information content (AvgIpc) is 2.84. The van der Waals surface area contributed by atoms with Crippen LogP contribution in [0.3, 0.4) is 0 Å². The third-order valence-corrected chi connectivity index (χ3v) is 4.10. The van der Waals surface area contributed by atoms with Crippen LogP contribution in [0.15, 0.2) is 40.8 Å². The SMILES string of the molecule is COc1ccc(-c2oc3nc(OC)ccc3c2I)cc1. The molecule has 4 nitrogen and oxygen atoms in total. The summed E-state index contributed by atoms with van der Waals surface area (Å²) in [5.41, 5.74) is 1.58. The van der Waals surface area contributed by atoms with Crippen LogP contribution in [-0.4, -0.2) is 19.2 Å². The average molecular weight is 381 g/mol. The standard InChI is InChI=1S/C15H12INO3/c1-18-10-5-3-9(4-6-10)14-13(16)11-7-8-12(19-2)17-15(11)20-14/h3-8H,1-2H3. The maximum Gasteiger partial charge on any atom is 0.231 e. The molecule has 0 fully saturated rings. The molecular formula is C15H12INO3. The molecule has 20 heavy (non-hydrogen) atoms. The molecule has 0 aliphatic carbocycles. The van der Waals surface area contributed by atoms with Gasteiger partial charge in [-0.1, -0.05) is 0 Å². The lowest BCUT2D eigenvalue weighted by Gasteiger charge is -2.01. The Balaban J connectivity index is 2.12. The summed E-state index contributed by atoms with van der Waals surface area (Å²) in [5, 5.41) is 0.984. The molecule has 0 N–H and O–H groups in total. The van der Waals surface area contributed by atoms with E-state index < -0.39 is 0 Å². The van der Waals surface area contributed by atoms with Crippen LogP contribution < -0.4 is 9.47 Å². The highest BCUT2D eigenvalue weighted by Crippen LogP contribution is 2.35. The summed E-state index contributed by atoms with van der Waals surface area (Å²) in [6.07, 6.45) is 0. The van der Waals surface area contributed by atoms with E-state index in [4.69, 9.17) is 13.9 Å².